The van der Waals surface area contributed by atoms with Crippen molar-refractivity contribution >= 4 is 38.7 Å². The normalized spacial score (nSPS) is 11.4. The van der Waals surface area contributed by atoms with Crippen LogP contribution in [-0.2, 0) is 4.79 Å². The molecular formula is C23H23N3O3S. The van der Waals surface area contributed by atoms with Crippen molar-refractivity contribution in [2.75, 3.05) is 12.4 Å². The van der Waals surface area contributed by atoms with Gasteiger partial charge in [-0.05, 0) is 74.7 Å². The predicted molar refractivity (Wildman–Crippen MR) is 120 cm³/mol. The number of methoxy groups -OCH3 is 1. The Bertz CT molecular complexity index is 1130. The average Bonchev–Trinajstić information content (AvgIpc) is 3.07. The van der Waals surface area contributed by atoms with Crippen molar-refractivity contribution in [3.05, 3.63) is 52.6 Å². The van der Waals surface area contributed by atoms with Gasteiger partial charge in [0.05, 0.1) is 23.4 Å². The Kier molecular flexibility index (Phi) is 6.38. The molecule has 30 heavy (non-hydrogen) atoms. The molecule has 0 spiro atoms. The lowest BCUT2D eigenvalue weighted by Gasteiger charge is -2.13. The lowest BCUT2D eigenvalue weighted by molar-refractivity contribution is -0.112. The van der Waals surface area contributed by atoms with Crippen LogP contribution in [0.4, 0.5) is 5.13 Å². The Labute approximate surface area is 179 Å². The molecule has 3 aromatic rings. The van der Waals surface area contributed by atoms with Gasteiger partial charge in [-0.3, -0.25) is 10.1 Å². The van der Waals surface area contributed by atoms with Gasteiger partial charge in [0.1, 0.15) is 11.6 Å². The second-order valence-corrected chi connectivity index (χ2v) is 8.15. The fourth-order valence-corrected chi connectivity index (χ4v) is 3.78. The van der Waals surface area contributed by atoms with E-state index in [1.54, 1.807) is 25.3 Å². The van der Waals surface area contributed by atoms with Crippen LogP contribution in [0.3, 0.4) is 0 Å². The predicted octanol–water partition coefficient (Wildman–Crippen LogP) is 5.25. The first-order valence-electron chi connectivity index (χ1n) is 9.46. The maximum Gasteiger partial charge on any atom is 0.268 e. The number of fused-ring (bicyclic) bond motifs is 1. The molecule has 0 saturated heterocycles. The Balaban J connectivity index is 1.84. The molecule has 1 N–H and O–H groups in total. The molecule has 7 heteroatoms. The smallest absolute Gasteiger partial charge is 0.268 e. The highest BCUT2D eigenvalue weighted by atomic mass is 32.1. The van der Waals surface area contributed by atoms with Crippen molar-refractivity contribution in [3.63, 3.8) is 0 Å². The fourth-order valence-electron chi connectivity index (χ4n) is 2.84. The summed E-state index contributed by atoms with van der Waals surface area (Å²) in [6.07, 6.45) is 1.51. The van der Waals surface area contributed by atoms with E-state index in [-0.39, 0.29) is 11.7 Å². The van der Waals surface area contributed by atoms with Gasteiger partial charge in [0, 0.05) is 0 Å². The van der Waals surface area contributed by atoms with Crippen molar-refractivity contribution in [1.82, 2.24) is 4.98 Å². The third kappa shape index (κ3) is 4.78. The first kappa shape index (κ1) is 21.3. The molecule has 154 valence electrons. The van der Waals surface area contributed by atoms with Gasteiger partial charge in [-0.15, -0.1) is 0 Å². The molecule has 1 aromatic heterocycles. The highest BCUT2D eigenvalue weighted by Crippen LogP contribution is 2.31. The number of aromatic nitrogens is 1. The first-order valence-corrected chi connectivity index (χ1v) is 10.3. The molecule has 0 unspecified atom stereocenters. The van der Waals surface area contributed by atoms with Crippen molar-refractivity contribution < 1.29 is 14.3 Å². The summed E-state index contributed by atoms with van der Waals surface area (Å²) in [5.41, 5.74) is 3.76. The van der Waals surface area contributed by atoms with Gasteiger partial charge in [0.15, 0.2) is 16.6 Å². The molecule has 3 rings (SSSR count). The van der Waals surface area contributed by atoms with E-state index < -0.39 is 5.91 Å². The third-order valence-corrected chi connectivity index (χ3v) is 5.38. The van der Waals surface area contributed by atoms with Crippen molar-refractivity contribution in [3.8, 4) is 17.6 Å². The summed E-state index contributed by atoms with van der Waals surface area (Å²) < 4.78 is 12.1. The van der Waals surface area contributed by atoms with E-state index in [0.717, 1.165) is 15.8 Å². The number of nitrogens with one attached hydrogen (secondary N) is 1. The quantitative estimate of drug-likeness (QED) is 0.434. The molecule has 0 aliphatic heterocycles. The van der Waals surface area contributed by atoms with Gasteiger partial charge >= 0.3 is 0 Å². The Hall–Kier alpha value is -3.37. The summed E-state index contributed by atoms with van der Waals surface area (Å²) in [5, 5.41) is 12.7. The van der Waals surface area contributed by atoms with Gasteiger partial charge < -0.3 is 9.47 Å². The van der Waals surface area contributed by atoms with Crippen LogP contribution >= 0.6 is 11.3 Å². The van der Waals surface area contributed by atoms with Gasteiger partial charge in [0.2, 0.25) is 0 Å². The lowest BCUT2D eigenvalue weighted by Crippen LogP contribution is -2.13. The number of carbonyl (C=O) groups is 1. The van der Waals surface area contributed by atoms with Gasteiger partial charge in [-0.2, -0.15) is 5.26 Å². The van der Waals surface area contributed by atoms with Crippen LogP contribution in [0.5, 0.6) is 11.5 Å². The van der Waals surface area contributed by atoms with Crippen LogP contribution in [-0.4, -0.2) is 24.1 Å². The molecule has 1 heterocycles. The molecule has 0 aliphatic rings. The zero-order valence-corrected chi connectivity index (χ0v) is 18.4. The van der Waals surface area contributed by atoms with E-state index in [0.29, 0.717) is 22.2 Å². The van der Waals surface area contributed by atoms with E-state index in [1.165, 1.54) is 23.0 Å². The molecular weight excluding hydrogens is 398 g/mol. The van der Waals surface area contributed by atoms with E-state index in [9.17, 15) is 10.1 Å². The summed E-state index contributed by atoms with van der Waals surface area (Å²) in [7, 11) is 1.55. The summed E-state index contributed by atoms with van der Waals surface area (Å²) in [6, 6.07) is 11.3. The standard InChI is InChI=1S/C23H23N3O3S/c1-13(2)29-19-7-6-16(11-20(19)28-5)10-17(12-24)22(27)26-23-25-18-8-14(3)15(4)9-21(18)30-23/h6-11,13H,1-5H3,(H,25,26,27)/b17-10+. The van der Waals surface area contributed by atoms with Gasteiger partial charge in [0.25, 0.3) is 5.91 Å². The van der Waals surface area contributed by atoms with Crippen LogP contribution in [0.15, 0.2) is 35.9 Å². The second kappa shape index (κ2) is 8.97. The number of amides is 1. The Morgan fingerprint density at radius 3 is 2.60 bits per heavy atom. The maximum absolute atomic E-state index is 12.6. The highest BCUT2D eigenvalue weighted by Gasteiger charge is 2.14. The van der Waals surface area contributed by atoms with E-state index in [2.05, 4.69) is 10.3 Å². The average molecular weight is 422 g/mol. The SMILES string of the molecule is COc1cc(/C=C(\C#N)C(=O)Nc2nc3cc(C)c(C)cc3s2)ccc1OC(C)C. The van der Waals surface area contributed by atoms with Crippen LogP contribution in [0.1, 0.15) is 30.5 Å². The monoisotopic (exact) mass is 421 g/mol. The van der Waals surface area contributed by atoms with Crippen LogP contribution < -0.4 is 14.8 Å². The summed E-state index contributed by atoms with van der Waals surface area (Å²) >= 11 is 1.38. The number of hydrogen-bond acceptors (Lipinski definition) is 6. The molecule has 0 radical (unpaired) electrons. The Morgan fingerprint density at radius 1 is 1.20 bits per heavy atom. The number of carbonyl (C=O) groups excluding carboxylic acids is 1. The topological polar surface area (TPSA) is 84.2 Å². The molecule has 0 fully saturated rings. The largest absolute Gasteiger partial charge is 0.493 e. The van der Waals surface area contributed by atoms with Gasteiger partial charge in [-0.25, -0.2) is 4.98 Å². The molecule has 0 bridgehead atoms. The van der Waals surface area contributed by atoms with Crippen LogP contribution in [0, 0.1) is 25.2 Å². The van der Waals surface area contributed by atoms with Gasteiger partial charge in [-0.1, -0.05) is 17.4 Å². The number of nitriles is 1. The summed E-state index contributed by atoms with van der Waals surface area (Å²) in [5.74, 6) is 0.631. The summed E-state index contributed by atoms with van der Waals surface area (Å²) in [6.45, 7) is 7.91. The molecule has 6 nitrogen and oxygen atoms in total. The van der Waals surface area contributed by atoms with E-state index >= 15 is 0 Å². The highest BCUT2D eigenvalue weighted by molar-refractivity contribution is 7.22. The minimum atomic E-state index is -0.508. The number of rotatable bonds is 6. The number of benzene rings is 2. The van der Waals surface area contributed by atoms with Crippen molar-refractivity contribution in [2.24, 2.45) is 0 Å². The number of aryl methyl sites for hydroxylation is 2. The number of ether oxygens (including phenoxy) is 2. The minimum Gasteiger partial charge on any atom is -0.493 e. The van der Waals surface area contributed by atoms with Crippen molar-refractivity contribution in [1.29, 1.82) is 5.26 Å². The number of hydrogen-bond donors (Lipinski definition) is 1. The number of nitrogens with zero attached hydrogens (tertiary/aromatic N) is 2. The third-order valence-electron chi connectivity index (χ3n) is 4.45. The molecule has 0 atom stereocenters. The van der Waals surface area contributed by atoms with Crippen molar-refractivity contribution in [2.45, 2.75) is 33.8 Å². The zero-order valence-electron chi connectivity index (χ0n) is 17.6. The van der Waals surface area contributed by atoms with Crippen LogP contribution in [0.25, 0.3) is 16.3 Å². The molecule has 0 aliphatic carbocycles. The van der Waals surface area contributed by atoms with Crippen LogP contribution in [0.2, 0.25) is 0 Å². The fraction of sp³-hybridized carbons (Fsp3) is 0.261. The molecule has 1 amide bonds. The Morgan fingerprint density at radius 2 is 1.93 bits per heavy atom. The number of thiazole rings is 1. The maximum atomic E-state index is 12.6. The second-order valence-electron chi connectivity index (χ2n) is 7.12. The van der Waals surface area contributed by atoms with E-state index in [4.69, 9.17) is 9.47 Å². The molecule has 2 aromatic carbocycles. The minimum absolute atomic E-state index is 0.00197. The lowest BCUT2D eigenvalue weighted by atomic mass is 10.1. The van der Waals surface area contributed by atoms with E-state index in [1.807, 2.05) is 45.9 Å². The first-order chi connectivity index (χ1) is 14.3. The molecule has 0 saturated carbocycles. The zero-order chi connectivity index (χ0) is 21.8. The number of anilines is 1. The summed E-state index contributed by atoms with van der Waals surface area (Å²) in [4.78, 5) is 17.1.